The van der Waals surface area contributed by atoms with Crippen LogP contribution in [0.1, 0.15) is 23.2 Å². The van der Waals surface area contributed by atoms with Crippen molar-refractivity contribution >= 4 is 23.3 Å². The number of anilines is 1. The van der Waals surface area contributed by atoms with Crippen molar-refractivity contribution in [2.45, 2.75) is 12.8 Å². The van der Waals surface area contributed by atoms with Crippen LogP contribution in [0, 0.1) is 0 Å². The molecule has 0 fully saturated rings. The third-order valence-electron chi connectivity index (χ3n) is 3.62. The number of hydrogen-bond acceptors (Lipinski definition) is 5. The summed E-state index contributed by atoms with van der Waals surface area (Å²) in [5.74, 6) is -1.16. The number of fused-ring (bicyclic) bond motifs is 1. The van der Waals surface area contributed by atoms with Crippen molar-refractivity contribution in [2.24, 2.45) is 0 Å². The van der Waals surface area contributed by atoms with Gasteiger partial charge in [-0.05, 0) is 24.6 Å². The van der Waals surface area contributed by atoms with E-state index in [0.29, 0.717) is 23.5 Å². The van der Waals surface area contributed by atoms with E-state index >= 15 is 0 Å². The van der Waals surface area contributed by atoms with E-state index in [4.69, 9.17) is 4.74 Å². The van der Waals surface area contributed by atoms with E-state index in [9.17, 15) is 19.5 Å². The van der Waals surface area contributed by atoms with E-state index in [1.807, 2.05) is 14.1 Å². The molecule has 1 aliphatic heterocycles. The molecule has 7 nitrogen and oxygen atoms in total. The van der Waals surface area contributed by atoms with Crippen LogP contribution in [0.2, 0.25) is 0 Å². The number of ketones is 1. The quantitative estimate of drug-likeness (QED) is 0.603. The van der Waals surface area contributed by atoms with E-state index in [1.54, 1.807) is 23.1 Å². The predicted octanol–water partition coefficient (Wildman–Crippen LogP) is -1.73. The molecule has 0 atom stereocenters. The van der Waals surface area contributed by atoms with Crippen LogP contribution in [-0.4, -0.2) is 51.5 Å². The molecule has 1 amide bonds. The lowest BCUT2D eigenvalue weighted by Crippen LogP contribution is -3.06. The highest BCUT2D eigenvalue weighted by Gasteiger charge is 2.26. The number of nitrogens with one attached hydrogen (secondary N) is 1. The first-order valence-electron chi connectivity index (χ1n) is 7.47. The Hall–Kier alpha value is -2.41. The van der Waals surface area contributed by atoms with Gasteiger partial charge >= 0.3 is 0 Å². The van der Waals surface area contributed by atoms with Gasteiger partial charge in [-0.3, -0.25) is 9.59 Å². The van der Waals surface area contributed by atoms with Gasteiger partial charge in [0.2, 0.25) is 0 Å². The van der Waals surface area contributed by atoms with Crippen LogP contribution in [0.15, 0.2) is 18.2 Å². The molecule has 0 bridgehead atoms. The number of benzene rings is 1. The van der Waals surface area contributed by atoms with Gasteiger partial charge in [0.15, 0.2) is 12.4 Å². The summed E-state index contributed by atoms with van der Waals surface area (Å²) in [6, 6.07) is 4.82. The normalized spacial score (nSPS) is 13.7. The summed E-state index contributed by atoms with van der Waals surface area (Å²) in [6.07, 6.45) is -0.448. The maximum absolute atomic E-state index is 12.1. The Kier molecular flexibility index (Phi) is 5.33. The first-order chi connectivity index (χ1) is 10.9. The molecule has 2 rings (SSSR count). The summed E-state index contributed by atoms with van der Waals surface area (Å²) in [5, 5.41) is 10.5. The summed E-state index contributed by atoms with van der Waals surface area (Å²) >= 11 is 0. The number of ether oxygens (including phenoxy) is 1. The molecule has 1 aliphatic rings. The minimum absolute atomic E-state index is 0.0201. The molecule has 124 valence electrons. The zero-order valence-corrected chi connectivity index (χ0v) is 13.3. The topological polar surface area (TPSA) is 91.2 Å². The Labute approximate surface area is 134 Å². The van der Waals surface area contributed by atoms with Crippen molar-refractivity contribution < 1.29 is 29.1 Å². The van der Waals surface area contributed by atoms with E-state index < -0.39 is 5.97 Å². The lowest BCUT2D eigenvalue weighted by molar-refractivity contribution is -0.856. The van der Waals surface area contributed by atoms with Crippen LogP contribution >= 0.6 is 0 Å². The summed E-state index contributed by atoms with van der Waals surface area (Å²) in [7, 11) is 3.98. The summed E-state index contributed by atoms with van der Waals surface area (Å²) in [5.41, 5.74) is 0.923. The fraction of sp³-hybridized carbons (Fsp3) is 0.438. The largest absolute Gasteiger partial charge is 0.550 e. The fourth-order valence-electron chi connectivity index (χ4n) is 2.32. The molecule has 0 spiro atoms. The molecule has 0 radical (unpaired) electrons. The van der Waals surface area contributed by atoms with Crippen molar-refractivity contribution in [3.63, 3.8) is 0 Å². The highest BCUT2D eigenvalue weighted by atomic mass is 16.5. The van der Waals surface area contributed by atoms with Crippen molar-refractivity contribution in [2.75, 3.05) is 38.7 Å². The molecule has 1 heterocycles. The van der Waals surface area contributed by atoms with Gasteiger partial charge in [0.1, 0.15) is 5.75 Å². The Balaban J connectivity index is 2.22. The maximum atomic E-state index is 12.1. The van der Waals surface area contributed by atoms with Crippen LogP contribution in [0.3, 0.4) is 0 Å². The second-order valence-corrected chi connectivity index (χ2v) is 5.77. The third kappa shape index (κ3) is 4.29. The number of carbonyl (C=O) groups is 3. The van der Waals surface area contributed by atoms with Gasteiger partial charge in [0.25, 0.3) is 5.91 Å². The van der Waals surface area contributed by atoms with E-state index in [1.165, 1.54) is 4.90 Å². The first kappa shape index (κ1) is 17.0. The number of hydrogen-bond donors (Lipinski definition) is 1. The molecule has 7 heteroatoms. The zero-order chi connectivity index (χ0) is 17.0. The Morgan fingerprint density at radius 3 is 2.70 bits per heavy atom. The predicted molar refractivity (Wildman–Crippen MR) is 80.5 cm³/mol. The molecule has 0 aliphatic carbocycles. The number of likely N-dealkylation sites (N-methyl/N-ethyl adjacent to an activating group) is 1. The number of Topliss-reactive ketones (excluding diaryl/α,β-unsaturated/α-hetero) is 1. The van der Waals surface area contributed by atoms with Gasteiger partial charge in [0, 0.05) is 18.0 Å². The van der Waals surface area contributed by atoms with Crippen LogP contribution in [0.4, 0.5) is 5.69 Å². The van der Waals surface area contributed by atoms with E-state index in [0.717, 1.165) is 6.54 Å². The molecular weight excluding hydrogens is 300 g/mol. The van der Waals surface area contributed by atoms with Crippen LogP contribution < -0.4 is 19.6 Å². The lowest BCUT2D eigenvalue weighted by Gasteiger charge is -2.29. The molecule has 1 aromatic carbocycles. The number of quaternary nitrogens is 1. The SMILES string of the molecule is C[NH+](C)CCN1C(=O)COc2ccc(C(=O)CCC(=O)[O-])cc21. The Morgan fingerprint density at radius 2 is 2.04 bits per heavy atom. The van der Waals surface area contributed by atoms with Crippen molar-refractivity contribution in [3.05, 3.63) is 23.8 Å². The van der Waals surface area contributed by atoms with Crippen LogP contribution in [-0.2, 0) is 9.59 Å². The van der Waals surface area contributed by atoms with Crippen LogP contribution in [0.25, 0.3) is 0 Å². The van der Waals surface area contributed by atoms with Gasteiger partial charge in [0.05, 0.1) is 32.9 Å². The number of rotatable bonds is 7. The molecule has 0 saturated carbocycles. The number of carbonyl (C=O) groups excluding carboxylic acids is 3. The van der Waals surface area contributed by atoms with E-state index in [2.05, 4.69) is 0 Å². The molecular formula is C16H20N2O5. The molecule has 0 saturated heterocycles. The highest BCUT2D eigenvalue weighted by Crippen LogP contribution is 2.33. The number of amides is 1. The Bertz CT molecular complexity index is 627. The van der Waals surface area contributed by atoms with Crippen molar-refractivity contribution in [1.29, 1.82) is 0 Å². The van der Waals surface area contributed by atoms with Gasteiger partial charge in [-0.2, -0.15) is 0 Å². The van der Waals surface area contributed by atoms with Crippen molar-refractivity contribution in [3.8, 4) is 5.75 Å². The standard InChI is InChI=1S/C16H20N2O5/c1-17(2)7-8-18-12-9-11(13(19)4-6-16(21)22)3-5-14(12)23-10-15(18)20/h3,5,9H,4,6-8,10H2,1-2H3,(H,21,22). The second-order valence-electron chi connectivity index (χ2n) is 5.77. The maximum Gasteiger partial charge on any atom is 0.265 e. The minimum atomic E-state index is -1.26. The monoisotopic (exact) mass is 320 g/mol. The molecule has 0 unspecified atom stereocenters. The number of nitrogens with zero attached hydrogens (tertiary/aromatic N) is 1. The average Bonchev–Trinajstić information content (AvgIpc) is 2.50. The first-order valence-corrected chi connectivity index (χ1v) is 7.47. The highest BCUT2D eigenvalue weighted by molar-refractivity contribution is 6.02. The van der Waals surface area contributed by atoms with Gasteiger partial charge in [-0.15, -0.1) is 0 Å². The molecule has 23 heavy (non-hydrogen) atoms. The average molecular weight is 320 g/mol. The smallest absolute Gasteiger partial charge is 0.265 e. The molecule has 0 aromatic heterocycles. The summed E-state index contributed by atoms with van der Waals surface area (Å²) in [4.78, 5) is 37.4. The van der Waals surface area contributed by atoms with Gasteiger partial charge in [-0.1, -0.05) is 0 Å². The lowest BCUT2D eigenvalue weighted by atomic mass is 10.0. The summed E-state index contributed by atoms with van der Waals surface area (Å²) < 4.78 is 5.39. The number of aliphatic carboxylic acids is 1. The zero-order valence-electron chi connectivity index (χ0n) is 13.3. The Morgan fingerprint density at radius 1 is 1.30 bits per heavy atom. The van der Waals surface area contributed by atoms with Crippen LogP contribution in [0.5, 0.6) is 5.75 Å². The summed E-state index contributed by atoms with van der Waals surface area (Å²) in [6.45, 7) is 1.26. The van der Waals surface area contributed by atoms with E-state index in [-0.39, 0.29) is 31.1 Å². The second kappa shape index (κ2) is 7.23. The minimum Gasteiger partial charge on any atom is -0.550 e. The number of carboxylic acid groups (broad SMARTS) is 1. The molecule has 1 aromatic rings. The molecule has 1 N–H and O–H groups in total. The van der Waals surface area contributed by atoms with Crippen molar-refractivity contribution in [1.82, 2.24) is 0 Å². The fourth-order valence-corrected chi connectivity index (χ4v) is 2.32. The van der Waals surface area contributed by atoms with Gasteiger partial charge < -0.3 is 24.4 Å². The third-order valence-corrected chi connectivity index (χ3v) is 3.62. The number of carboxylic acids is 1. The van der Waals surface area contributed by atoms with Gasteiger partial charge in [-0.25, -0.2) is 0 Å².